The summed E-state index contributed by atoms with van der Waals surface area (Å²) in [6.07, 6.45) is 0. The summed E-state index contributed by atoms with van der Waals surface area (Å²) in [5, 5.41) is 9.61. The molecule has 1 saturated heterocycles. The molecule has 4 rings (SSSR count). The van der Waals surface area contributed by atoms with Crippen LogP contribution in [-0.4, -0.2) is 47.2 Å². The average molecular weight is 413 g/mol. The van der Waals surface area contributed by atoms with Crippen molar-refractivity contribution in [2.24, 2.45) is 0 Å². The topological polar surface area (TPSA) is 49.3 Å². The highest BCUT2D eigenvalue weighted by Gasteiger charge is 2.24. The summed E-state index contributed by atoms with van der Waals surface area (Å²) >= 11 is 12.1. The molecule has 0 N–H and O–H groups in total. The van der Waals surface area contributed by atoms with Crippen molar-refractivity contribution >= 4 is 34.9 Å². The Labute approximate surface area is 173 Å². The lowest BCUT2D eigenvalue weighted by molar-refractivity contribution is 0.0746. The van der Waals surface area contributed by atoms with E-state index in [0.717, 1.165) is 17.1 Å². The van der Waals surface area contributed by atoms with Crippen molar-refractivity contribution in [3.8, 4) is 11.3 Å². The molecule has 1 aliphatic heterocycles. The molecule has 0 spiro atoms. The number of piperazine rings is 1. The van der Waals surface area contributed by atoms with Gasteiger partial charge in [0.05, 0.1) is 16.3 Å². The van der Waals surface area contributed by atoms with Crippen LogP contribution in [0.2, 0.25) is 10.0 Å². The van der Waals surface area contributed by atoms with Crippen LogP contribution in [0.4, 0.5) is 5.82 Å². The summed E-state index contributed by atoms with van der Waals surface area (Å²) in [6, 6.07) is 18.9. The van der Waals surface area contributed by atoms with Gasteiger partial charge in [0.1, 0.15) is 0 Å². The monoisotopic (exact) mass is 412 g/mol. The Bertz CT molecular complexity index is 971. The predicted molar refractivity (Wildman–Crippen MR) is 112 cm³/mol. The summed E-state index contributed by atoms with van der Waals surface area (Å²) in [5.74, 6) is 0.739. The van der Waals surface area contributed by atoms with E-state index in [9.17, 15) is 4.79 Å². The van der Waals surface area contributed by atoms with E-state index in [1.54, 1.807) is 23.1 Å². The molecule has 0 aliphatic carbocycles. The molecule has 0 radical (unpaired) electrons. The van der Waals surface area contributed by atoms with Gasteiger partial charge >= 0.3 is 0 Å². The summed E-state index contributed by atoms with van der Waals surface area (Å²) in [5.41, 5.74) is 2.36. The Morgan fingerprint density at radius 3 is 2.25 bits per heavy atom. The van der Waals surface area contributed by atoms with Gasteiger partial charge in [-0.25, -0.2) is 0 Å². The third-order valence-corrected chi connectivity index (χ3v) is 5.32. The molecule has 2 aromatic carbocycles. The van der Waals surface area contributed by atoms with Crippen molar-refractivity contribution < 1.29 is 4.79 Å². The largest absolute Gasteiger partial charge is 0.352 e. The predicted octanol–water partition coefficient (Wildman–Crippen LogP) is 4.41. The van der Waals surface area contributed by atoms with Gasteiger partial charge < -0.3 is 9.80 Å². The Balaban J connectivity index is 1.40. The lowest BCUT2D eigenvalue weighted by Crippen LogP contribution is -2.49. The molecule has 2 heterocycles. The van der Waals surface area contributed by atoms with Crippen LogP contribution < -0.4 is 4.90 Å². The molecule has 0 bridgehead atoms. The first-order chi connectivity index (χ1) is 13.6. The van der Waals surface area contributed by atoms with Gasteiger partial charge in [0.2, 0.25) is 0 Å². The lowest BCUT2D eigenvalue weighted by Gasteiger charge is -2.35. The molecule has 3 aromatic rings. The summed E-state index contributed by atoms with van der Waals surface area (Å²) in [6.45, 7) is 2.58. The molecular weight excluding hydrogens is 395 g/mol. The highest BCUT2D eigenvalue weighted by molar-refractivity contribution is 6.36. The number of hydrogen-bond acceptors (Lipinski definition) is 4. The van der Waals surface area contributed by atoms with Crippen molar-refractivity contribution in [2.75, 3.05) is 31.1 Å². The minimum Gasteiger partial charge on any atom is -0.352 e. The molecule has 142 valence electrons. The van der Waals surface area contributed by atoms with Crippen LogP contribution in [0.5, 0.6) is 0 Å². The Morgan fingerprint density at radius 2 is 1.61 bits per heavy atom. The van der Waals surface area contributed by atoms with Crippen LogP contribution in [0.15, 0.2) is 60.7 Å². The molecule has 1 amide bonds. The molecule has 1 fully saturated rings. The van der Waals surface area contributed by atoms with Gasteiger partial charge in [0.15, 0.2) is 5.82 Å². The number of carbonyl (C=O) groups excluding carboxylic acids is 1. The molecule has 1 aliphatic rings. The van der Waals surface area contributed by atoms with E-state index >= 15 is 0 Å². The Hall–Kier alpha value is -2.63. The third kappa shape index (κ3) is 3.96. The highest BCUT2D eigenvalue weighted by atomic mass is 35.5. The Morgan fingerprint density at radius 1 is 0.857 bits per heavy atom. The molecule has 0 atom stereocenters. The van der Waals surface area contributed by atoms with E-state index in [0.29, 0.717) is 41.8 Å². The molecule has 1 aromatic heterocycles. The van der Waals surface area contributed by atoms with Gasteiger partial charge in [-0.1, -0.05) is 53.5 Å². The first-order valence-electron chi connectivity index (χ1n) is 9.00. The standard InChI is InChI=1S/C21H18Cl2N4O/c22-16-6-7-17(18(23)14-16)21(28)27-12-10-26(11-13-27)20-9-8-19(24-25-20)15-4-2-1-3-5-15/h1-9,14H,10-13H2. The fraction of sp³-hybridized carbons (Fsp3) is 0.190. The van der Waals surface area contributed by atoms with Crippen molar-refractivity contribution in [3.63, 3.8) is 0 Å². The molecule has 0 unspecified atom stereocenters. The summed E-state index contributed by atoms with van der Waals surface area (Å²) < 4.78 is 0. The first kappa shape index (κ1) is 18.7. The van der Waals surface area contributed by atoms with Gasteiger partial charge in [0, 0.05) is 36.8 Å². The fourth-order valence-corrected chi connectivity index (χ4v) is 3.72. The van der Waals surface area contributed by atoms with Crippen molar-refractivity contribution in [2.45, 2.75) is 0 Å². The second kappa shape index (κ2) is 8.17. The van der Waals surface area contributed by atoms with Crippen LogP contribution >= 0.6 is 23.2 Å². The highest BCUT2D eigenvalue weighted by Crippen LogP contribution is 2.24. The maximum atomic E-state index is 12.7. The molecule has 5 nitrogen and oxygen atoms in total. The van der Waals surface area contributed by atoms with E-state index in [2.05, 4.69) is 15.1 Å². The van der Waals surface area contributed by atoms with E-state index in [1.165, 1.54) is 0 Å². The number of rotatable bonds is 3. The van der Waals surface area contributed by atoms with E-state index in [-0.39, 0.29) is 5.91 Å². The van der Waals surface area contributed by atoms with Gasteiger partial charge in [-0.2, -0.15) is 0 Å². The maximum absolute atomic E-state index is 12.7. The second-order valence-electron chi connectivity index (χ2n) is 6.55. The van der Waals surface area contributed by atoms with Crippen LogP contribution in [0, 0.1) is 0 Å². The fourth-order valence-electron chi connectivity index (χ4n) is 3.23. The maximum Gasteiger partial charge on any atom is 0.255 e. The van der Waals surface area contributed by atoms with E-state index < -0.39 is 0 Å². The number of nitrogens with zero attached hydrogens (tertiary/aromatic N) is 4. The normalized spacial score (nSPS) is 14.2. The van der Waals surface area contributed by atoms with Gasteiger partial charge in [-0.3, -0.25) is 4.79 Å². The Kier molecular flexibility index (Phi) is 5.46. The van der Waals surface area contributed by atoms with Crippen molar-refractivity contribution in [3.05, 3.63) is 76.3 Å². The second-order valence-corrected chi connectivity index (χ2v) is 7.39. The zero-order valence-electron chi connectivity index (χ0n) is 15.1. The molecule has 0 saturated carbocycles. The number of hydrogen-bond donors (Lipinski definition) is 0. The zero-order valence-corrected chi connectivity index (χ0v) is 16.6. The number of benzene rings is 2. The SMILES string of the molecule is O=C(c1ccc(Cl)cc1Cl)N1CCN(c2ccc(-c3ccccc3)nn2)CC1. The quantitative estimate of drug-likeness (QED) is 0.638. The number of amides is 1. The molecule has 28 heavy (non-hydrogen) atoms. The van der Waals surface area contributed by atoms with Gasteiger partial charge in [-0.05, 0) is 30.3 Å². The first-order valence-corrected chi connectivity index (χ1v) is 9.76. The average Bonchev–Trinajstić information content (AvgIpc) is 2.74. The van der Waals surface area contributed by atoms with E-state index in [1.807, 2.05) is 42.5 Å². The summed E-state index contributed by atoms with van der Waals surface area (Å²) in [4.78, 5) is 16.7. The van der Waals surface area contributed by atoms with E-state index in [4.69, 9.17) is 23.2 Å². The third-order valence-electron chi connectivity index (χ3n) is 4.77. The van der Waals surface area contributed by atoms with Crippen molar-refractivity contribution in [1.29, 1.82) is 0 Å². The van der Waals surface area contributed by atoms with Crippen molar-refractivity contribution in [1.82, 2.24) is 15.1 Å². The molecular formula is C21H18Cl2N4O. The lowest BCUT2D eigenvalue weighted by atomic mass is 10.1. The minimum atomic E-state index is -0.0770. The smallest absolute Gasteiger partial charge is 0.255 e. The summed E-state index contributed by atoms with van der Waals surface area (Å²) in [7, 11) is 0. The minimum absolute atomic E-state index is 0.0770. The van der Waals surface area contributed by atoms with Crippen LogP contribution in [0.3, 0.4) is 0 Å². The zero-order chi connectivity index (χ0) is 19.5. The number of halogens is 2. The van der Waals surface area contributed by atoms with Gasteiger partial charge in [0.25, 0.3) is 5.91 Å². The molecule has 7 heteroatoms. The number of anilines is 1. The van der Waals surface area contributed by atoms with Crippen LogP contribution in [0.1, 0.15) is 10.4 Å². The van der Waals surface area contributed by atoms with Gasteiger partial charge in [-0.15, -0.1) is 10.2 Å². The number of carbonyl (C=O) groups is 1. The van der Waals surface area contributed by atoms with Crippen LogP contribution in [-0.2, 0) is 0 Å². The number of aromatic nitrogens is 2. The van der Waals surface area contributed by atoms with Crippen LogP contribution in [0.25, 0.3) is 11.3 Å².